The Balaban J connectivity index is 2.17. The first-order valence-electron chi connectivity index (χ1n) is 7.58. The molecule has 0 saturated heterocycles. The van der Waals surface area contributed by atoms with Crippen molar-refractivity contribution in [2.75, 3.05) is 6.61 Å². The second-order valence-electron chi connectivity index (χ2n) is 5.14. The molecular weight excluding hydrogens is 294 g/mol. The van der Waals surface area contributed by atoms with Crippen molar-refractivity contribution < 1.29 is 9.53 Å². The molecule has 0 aliphatic heterocycles. The van der Waals surface area contributed by atoms with Crippen LogP contribution in [0.15, 0.2) is 18.2 Å². The van der Waals surface area contributed by atoms with Crippen molar-refractivity contribution in [1.29, 1.82) is 5.26 Å². The number of rotatable bonds is 7. The number of ether oxygens (including phenoxy) is 1. The van der Waals surface area contributed by atoms with Gasteiger partial charge in [0, 0.05) is 5.56 Å². The van der Waals surface area contributed by atoms with E-state index in [0.29, 0.717) is 36.5 Å². The predicted molar refractivity (Wildman–Crippen MR) is 83.4 cm³/mol. The van der Waals surface area contributed by atoms with Crippen LogP contribution in [0.3, 0.4) is 0 Å². The Morgan fingerprint density at radius 1 is 1.43 bits per heavy atom. The zero-order valence-electron chi connectivity index (χ0n) is 13.3. The van der Waals surface area contributed by atoms with Crippen LogP contribution in [0.4, 0.5) is 0 Å². The molecule has 0 amide bonds. The number of nitriles is 1. The van der Waals surface area contributed by atoms with Crippen LogP contribution >= 0.6 is 0 Å². The lowest BCUT2D eigenvalue weighted by Gasteiger charge is -2.07. The summed E-state index contributed by atoms with van der Waals surface area (Å²) in [5.74, 6) is 0.0835. The van der Waals surface area contributed by atoms with Gasteiger partial charge in [0.25, 0.3) is 0 Å². The maximum absolute atomic E-state index is 12.2. The van der Waals surface area contributed by atoms with Gasteiger partial charge in [-0.3, -0.25) is 0 Å². The van der Waals surface area contributed by atoms with Gasteiger partial charge in [0.2, 0.25) is 5.82 Å². The highest BCUT2D eigenvalue weighted by Gasteiger charge is 2.14. The molecule has 7 nitrogen and oxygen atoms in total. The van der Waals surface area contributed by atoms with Crippen LogP contribution in [0, 0.1) is 18.3 Å². The topological polar surface area (TPSA) is 93.7 Å². The van der Waals surface area contributed by atoms with Gasteiger partial charge < -0.3 is 4.74 Å². The van der Waals surface area contributed by atoms with Crippen molar-refractivity contribution in [2.45, 2.75) is 39.7 Å². The number of hydrogen-bond acceptors (Lipinski definition) is 6. The minimum Gasteiger partial charge on any atom is -0.462 e. The molecule has 2 rings (SSSR count). The maximum atomic E-state index is 12.2. The minimum atomic E-state index is -0.338. The number of aryl methyl sites for hydroxylation is 2. The number of tetrazole rings is 1. The number of aromatic nitrogens is 4. The summed E-state index contributed by atoms with van der Waals surface area (Å²) in [5.41, 5.74) is 2.04. The summed E-state index contributed by atoms with van der Waals surface area (Å²) in [5, 5.41) is 20.7. The van der Waals surface area contributed by atoms with E-state index in [0.717, 1.165) is 18.4 Å². The van der Waals surface area contributed by atoms with Gasteiger partial charge in [0.1, 0.15) is 0 Å². The third-order valence-electron chi connectivity index (χ3n) is 3.32. The highest BCUT2D eigenvalue weighted by atomic mass is 16.5. The molecule has 0 spiro atoms. The molecular formula is C16H19N5O2. The number of carbonyl (C=O) groups excluding carboxylic acids is 1. The van der Waals surface area contributed by atoms with Crippen molar-refractivity contribution >= 4 is 5.97 Å². The Bertz CT molecular complexity index is 718. The van der Waals surface area contributed by atoms with Gasteiger partial charge in [-0.2, -0.15) is 10.1 Å². The Morgan fingerprint density at radius 2 is 2.26 bits per heavy atom. The van der Waals surface area contributed by atoms with E-state index in [1.807, 2.05) is 32.0 Å². The molecule has 0 bridgehead atoms. The predicted octanol–water partition coefficient (Wildman–Crippen LogP) is 2.52. The summed E-state index contributed by atoms with van der Waals surface area (Å²) >= 11 is 0. The summed E-state index contributed by atoms with van der Waals surface area (Å²) in [6.45, 7) is 4.71. The van der Waals surface area contributed by atoms with Crippen LogP contribution in [0.5, 0.6) is 0 Å². The summed E-state index contributed by atoms with van der Waals surface area (Å²) in [4.78, 5) is 13.5. The summed E-state index contributed by atoms with van der Waals surface area (Å²) < 4.78 is 5.26. The van der Waals surface area contributed by atoms with Crippen molar-refractivity contribution in [2.24, 2.45) is 0 Å². The van der Waals surface area contributed by atoms with E-state index in [4.69, 9.17) is 10.00 Å². The fourth-order valence-corrected chi connectivity index (χ4v) is 1.97. The Morgan fingerprint density at radius 3 is 3.00 bits per heavy atom. The average Bonchev–Trinajstić information content (AvgIpc) is 3.02. The maximum Gasteiger partial charge on any atom is 0.338 e. The second kappa shape index (κ2) is 8.03. The highest BCUT2D eigenvalue weighted by molar-refractivity contribution is 5.92. The molecule has 0 N–H and O–H groups in total. The van der Waals surface area contributed by atoms with Gasteiger partial charge in [-0.15, -0.1) is 10.2 Å². The van der Waals surface area contributed by atoms with Crippen LogP contribution < -0.4 is 0 Å². The van der Waals surface area contributed by atoms with Crippen LogP contribution in [0.25, 0.3) is 11.4 Å². The molecule has 7 heteroatoms. The van der Waals surface area contributed by atoms with E-state index in [1.54, 1.807) is 6.07 Å². The summed E-state index contributed by atoms with van der Waals surface area (Å²) in [6.07, 6.45) is 2.14. The summed E-state index contributed by atoms with van der Waals surface area (Å²) in [6, 6.07) is 7.42. The van der Waals surface area contributed by atoms with Crippen molar-refractivity contribution in [1.82, 2.24) is 20.2 Å². The van der Waals surface area contributed by atoms with Crippen molar-refractivity contribution in [3.63, 3.8) is 0 Å². The molecule has 0 aliphatic carbocycles. The SMILES string of the molecule is CCCCOC(=O)c1cc(-c2nnn(CCC#N)n2)ccc1C. The summed E-state index contributed by atoms with van der Waals surface area (Å²) in [7, 11) is 0. The standard InChI is InChI=1S/C16H19N5O2/c1-3-4-10-23-16(22)14-11-13(7-6-12(14)2)15-18-20-21(19-15)9-5-8-17/h6-7,11H,3-5,9-10H2,1-2H3. The fraction of sp³-hybridized carbons (Fsp3) is 0.438. The number of benzene rings is 1. The van der Waals surface area contributed by atoms with Crippen LogP contribution in [-0.4, -0.2) is 32.8 Å². The monoisotopic (exact) mass is 313 g/mol. The molecule has 0 atom stereocenters. The van der Waals surface area contributed by atoms with Gasteiger partial charge in [0.05, 0.1) is 31.2 Å². The van der Waals surface area contributed by atoms with Gasteiger partial charge in [0.15, 0.2) is 0 Å². The van der Waals surface area contributed by atoms with Gasteiger partial charge in [-0.05, 0) is 30.2 Å². The molecule has 0 unspecified atom stereocenters. The van der Waals surface area contributed by atoms with E-state index in [1.165, 1.54) is 4.80 Å². The lowest BCUT2D eigenvalue weighted by molar-refractivity contribution is 0.0499. The van der Waals surface area contributed by atoms with Gasteiger partial charge >= 0.3 is 5.97 Å². The van der Waals surface area contributed by atoms with Crippen LogP contribution in [0.2, 0.25) is 0 Å². The molecule has 2 aromatic rings. The largest absolute Gasteiger partial charge is 0.462 e. The zero-order valence-corrected chi connectivity index (χ0v) is 13.3. The molecule has 0 radical (unpaired) electrons. The molecule has 0 aliphatic rings. The molecule has 1 aromatic carbocycles. The molecule has 0 saturated carbocycles. The third kappa shape index (κ3) is 4.36. The van der Waals surface area contributed by atoms with E-state index in [2.05, 4.69) is 15.4 Å². The molecule has 0 fully saturated rings. The molecule has 1 aromatic heterocycles. The quantitative estimate of drug-likeness (QED) is 0.576. The van der Waals surface area contributed by atoms with Crippen molar-refractivity contribution in [3.8, 4) is 17.5 Å². The van der Waals surface area contributed by atoms with E-state index < -0.39 is 0 Å². The number of unbranched alkanes of at least 4 members (excludes halogenated alkanes) is 1. The average molecular weight is 313 g/mol. The first kappa shape index (κ1) is 16.6. The fourth-order valence-electron chi connectivity index (χ4n) is 1.97. The smallest absolute Gasteiger partial charge is 0.338 e. The third-order valence-corrected chi connectivity index (χ3v) is 3.32. The minimum absolute atomic E-state index is 0.318. The lowest BCUT2D eigenvalue weighted by atomic mass is 10.0. The first-order valence-corrected chi connectivity index (χ1v) is 7.58. The van der Waals surface area contributed by atoms with Crippen LogP contribution in [0.1, 0.15) is 42.1 Å². The van der Waals surface area contributed by atoms with E-state index >= 15 is 0 Å². The Kier molecular flexibility index (Phi) is 5.80. The molecule has 23 heavy (non-hydrogen) atoms. The highest BCUT2D eigenvalue weighted by Crippen LogP contribution is 2.19. The van der Waals surface area contributed by atoms with Gasteiger partial charge in [-0.25, -0.2) is 4.79 Å². The Hall–Kier alpha value is -2.75. The van der Waals surface area contributed by atoms with Gasteiger partial charge in [-0.1, -0.05) is 25.5 Å². The number of esters is 1. The normalized spacial score (nSPS) is 10.3. The molecule has 1 heterocycles. The van der Waals surface area contributed by atoms with E-state index in [9.17, 15) is 4.79 Å². The zero-order chi connectivity index (χ0) is 16.7. The van der Waals surface area contributed by atoms with E-state index in [-0.39, 0.29) is 5.97 Å². The first-order chi connectivity index (χ1) is 11.2. The second-order valence-corrected chi connectivity index (χ2v) is 5.14. The number of nitrogens with zero attached hydrogens (tertiary/aromatic N) is 5. The number of hydrogen-bond donors (Lipinski definition) is 0. The Labute approximate surface area is 134 Å². The van der Waals surface area contributed by atoms with Crippen LogP contribution in [-0.2, 0) is 11.3 Å². The van der Waals surface area contributed by atoms with Crippen molar-refractivity contribution in [3.05, 3.63) is 29.3 Å². The lowest BCUT2D eigenvalue weighted by Crippen LogP contribution is -2.08. The number of carbonyl (C=O) groups is 1. The molecule has 120 valence electrons.